The summed E-state index contributed by atoms with van der Waals surface area (Å²) in [6.45, 7) is 1.72. The predicted octanol–water partition coefficient (Wildman–Crippen LogP) is 2.94. The van der Waals surface area contributed by atoms with Gasteiger partial charge in [-0.15, -0.1) is 0 Å². The van der Waals surface area contributed by atoms with Gasteiger partial charge in [-0.25, -0.2) is 4.39 Å². The third-order valence-corrected chi connectivity index (χ3v) is 2.97. The van der Waals surface area contributed by atoms with Crippen molar-refractivity contribution in [2.45, 2.75) is 6.92 Å². The van der Waals surface area contributed by atoms with Crippen LogP contribution in [0.3, 0.4) is 0 Å². The highest BCUT2D eigenvalue weighted by atomic mass is 79.9. The molecule has 0 saturated carbocycles. The molecule has 1 amide bonds. The molecule has 18 heavy (non-hydrogen) atoms. The van der Waals surface area contributed by atoms with E-state index in [9.17, 15) is 9.18 Å². The molecule has 1 aromatic carbocycles. The van der Waals surface area contributed by atoms with Gasteiger partial charge in [0.05, 0.1) is 22.4 Å². The van der Waals surface area contributed by atoms with Gasteiger partial charge in [-0.3, -0.25) is 4.79 Å². The zero-order valence-corrected chi connectivity index (χ0v) is 11.0. The Morgan fingerprint density at radius 2 is 2.17 bits per heavy atom. The van der Waals surface area contributed by atoms with Crippen molar-refractivity contribution in [1.29, 1.82) is 0 Å². The Balaban J connectivity index is 2.25. The fourth-order valence-corrected chi connectivity index (χ4v) is 1.74. The van der Waals surface area contributed by atoms with E-state index >= 15 is 0 Å². The molecule has 0 atom stereocenters. The van der Waals surface area contributed by atoms with Crippen LogP contribution in [0, 0.1) is 12.7 Å². The Morgan fingerprint density at radius 3 is 2.83 bits per heavy atom. The lowest BCUT2D eigenvalue weighted by molar-refractivity contribution is 0.102. The van der Waals surface area contributed by atoms with Crippen LogP contribution < -0.4 is 5.32 Å². The number of carbonyl (C=O) groups is 1. The lowest BCUT2D eigenvalue weighted by Gasteiger charge is -2.09. The van der Waals surface area contributed by atoms with Gasteiger partial charge in [0.25, 0.3) is 5.91 Å². The second-order valence-corrected chi connectivity index (χ2v) is 4.52. The molecule has 2 aromatic rings. The molecule has 1 N–H and O–H groups in total. The van der Waals surface area contributed by atoms with E-state index in [1.165, 1.54) is 24.5 Å². The molecule has 1 heterocycles. The summed E-state index contributed by atoms with van der Waals surface area (Å²) >= 11 is 3.08. The van der Waals surface area contributed by atoms with Crippen molar-refractivity contribution >= 4 is 27.5 Å². The van der Waals surface area contributed by atoms with Gasteiger partial charge < -0.3 is 5.32 Å². The highest BCUT2D eigenvalue weighted by Crippen LogP contribution is 2.24. The molecule has 4 nitrogen and oxygen atoms in total. The molecule has 0 bridgehead atoms. The number of benzene rings is 1. The number of rotatable bonds is 2. The van der Waals surface area contributed by atoms with Gasteiger partial charge in [0, 0.05) is 5.69 Å². The quantitative estimate of drug-likeness (QED) is 0.928. The number of amides is 1. The molecular weight excluding hydrogens is 301 g/mol. The molecule has 0 radical (unpaired) electrons. The monoisotopic (exact) mass is 309 g/mol. The summed E-state index contributed by atoms with van der Waals surface area (Å²) in [7, 11) is 0. The third-order valence-electron chi connectivity index (χ3n) is 2.36. The van der Waals surface area contributed by atoms with E-state index in [-0.39, 0.29) is 11.7 Å². The maximum Gasteiger partial charge on any atom is 0.257 e. The van der Waals surface area contributed by atoms with Gasteiger partial charge in [0.15, 0.2) is 0 Å². The molecular formula is C12H9BrFN3O. The standard InChI is InChI=1S/C12H9BrFN3O/c1-7-4-10(14)9(13)5-11(7)17-12(18)8-2-3-15-16-6-8/h2-6H,1H3,(H,17,18). The van der Waals surface area contributed by atoms with E-state index in [1.54, 1.807) is 13.0 Å². The Hall–Kier alpha value is -1.82. The highest BCUT2D eigenvalue weighted by Gasteiger charge is 2.10. The van der Waals surface area contributed by atoms with E-state index in [2.05, 4.69) is 31.4 Å². The number of nitrogens with one attached hydrogen (secondary N) is 1. The zero-order chi connectivity index (χ0) is 13.1. The third kappa shape index (κ3) is 2.70. The minimum atomic E-state index is -0.365. The first-order valence-electron chi connectivity index (χ1n) is 5.11. The van der Waals surface area contributed by atoms with Crippen LogP contribution in [0.4, 0.5) is 10.1 Å². The van der Waals surface area contributed by atoms with Crippen LogP contribution in [0.1, 0.15) is 15.9 Å². The van der Waals surface area contributed by atoms with E-state index in [0.717, 1.165) is 0 Å². The van der Waals surface area contributed by atoms with Crippen LogP contribution in [0.5, 0.6) is 0 Å². The van der Waals surface area contributed by atoms with Crippen LogP contribution >= 0.6 is 15.9 Å². The number of halogens is 2. The number of hydrogen-bond acceptors (Lipinski definition) is 3. The number of anilines is 1. The van der Waals surface area contributed by atoms with E-state index in [0.29, 0.717) is 21.3 Å². The Kier molecular flexibility index (Phi) is 3.66. The van der Waals surface area contributed by atoms with Gasteiger partial charge in [0.1, 0.15) is 5.82 Å². The van der Waals surface area contributed by atoms with Gasteiger partial charge in [-0.05, 0) is 46.6 Å². The fraction of sp³-hybridized carbons (Fsp3) is 0.0833. The summed E-state index contributed by atoms with van der Waals surface area (Å²) in [5.41, 5.74) is 1.58. The van der Waals surface area contributed by atoms with E-state index in [1.807, 2.05) is 0 Å². The number of hydrogen-bond donors (Lipinski definition) is 1. The topological polar surface area (TPSA) is 54.9 Å². The highest BCUT2D eigenvalue weighted by molar-refractivity contribution is 9.10. The van der Waals surface area contributed by atoms with Crippen molar-refractivity contribution in [3.63, 3.8) is 0 Å². The number of nitrogens with zero attached hydrogens (tertiary/aromatic N) is 2. The molecule has 0 aliphatic rings. The van der Waals surface area contributed by atoms with Crippen molar-refractivity contribution < 1.29 is 9.18 Å². The van der Waals surface area contributed by atoms with Crippen molar-refractivity contribution in [2.75, 3.05) is 5.32 Å². The Morgan fingerprint density at radius 1 is 1.39 bits per heavy atom. The molecule has 2 rings (SSSR count). The average molecular weight is 310 g/mol. The molecule has 0 fully saturated rings. The van der Waals surface area contributed by atoms with Gasteiger partial charge in [-0.1, -0.05) is 0 Å². The zero-order valence-electron chi connectivity index (χ0n) is 9.45. The molecule has 0 aliphatic heterocycles. The first-order valence-corrected chi connectivity index (χ1v) is 5.91. The fourth-order valence-electron chi connectivity index (χ4n) is 1.40. The van der Waals surface area contributed by atoms with Crippen molar-refractivity contribution in [2.24, 2.45) is 0 Å². The predicted molar refractivity (Wildman–Crippen MR) is 68.8 cm³/mol. The van der Waals surface area contributed by atoms with Gasteiger partial charge in [-0.2, -0.15) is 10.2 Å². The molecule has 0 unspecified atom stereocenters. The summed E-state index contributed by atoms with van der Waals surface area (Å²) in [6.07, 6.45) is 2.80. The summed E-state index contributed by atoms with van der Waals surface area (Å²) in [5.74, 6) is -0.678. The van der Waals surface area contributed by atoms with Crippen molar-refractivity contribution in [3.05, 3.63) is 52.0 Å². The first-order chi connectivity index (χ1) is 8.58. The van der Waals surface area contributed by atoms with Crippen LogP contribution in [0.2, 0.25) is 0 Å². The second-order valence-electron chi connectivity index (χ2n) is 3.67. The van der Waals surface area contributed by atoms with Crippen LogP contribution in [0.25, 0.3) is 0 Å². The molecule has 0 spiro atoms. The minimum Gasteiger partial charge on any atom is -0.322 e. The normalized spacial score (nSPS) is 10.2. The maximum atomic E-state index is 13.2. The molecule has 0 aliphatic carbocycles. The molecule has 92 valence electrons. The lowest BCUT2D eigenvalue weighted by atomic mass is 10.2. The van der Waals surface area contributed by atoms with Gasteiger partial charge in [0.2, 0.25) is 0 Å². The first kappa shape index (κ1) is 12.6. The van der Waals surface area contributed by atoms with Crippen LogP contribution in [-0.4, -0.2) is 16.1 Å². The maximum absolute atomic E-state index is 13.2. The van der Waals surface area contributed by atoms with Crippen molar-refractivity contribution in [1.82, 2.24) is 10.2 Å². The second kappa shape index (κ2) is 5.22. The average Bonchev–Trinajstić information content (AvgIpc) is 2.37. The molecule has 0 saturated heterocycles. The summed E-state index contributed by atoms with van der Waals surface area (Å²) < 4.78 is 13.5. The Labute approximate surface area is 111 Å². The van der Waals surface area contributed by atoms with E-state index in [4.69, 9.17) is 0 Å². The smallest absolute Gasteiger partial charge is 0.257 e. The number of aryl methyl sites for hydroxylation is 1. The van der Waals surface area contributed by atoms with E-state index < -0.39 is 0 Å². The largest absolute Gasteiger partial charge is 0.322 e. The van der Waals surface area contributed by atoms with Crippen LogP contribution in [0.15, 0.2) is 35.1 Å². The lowest BCUT2D eigenvalue weighted by Crippen LogP contribution is -2.13. The molecule has 6 heteroatoms. The summed E-state index contributed by atoms with van der Waals surface area (Å²) in [5, 5.41) is 9.90. The summed E-state index contributed by atoms with van der Waals surface area (Å²) in [4.78, 5) is 11.9. The number of aromatic nitrogens is 2. The van der Waals surface area contributed by atoms with Gasteiger partial charge >= 0.3 is 0 Å². The summed E-state index contributed by atoms with van der Waals surface area (Å²) in [6, 6.07) is 4.43. The molecule has 1 aromatic heterocycles. The SMILES string of the molecule is Cc1cc(F)c(Br)cc1NC(=O)c1ccnnc1. The Bertz CT molecular complexity index is 589. The van der Waals surface area contributed by atoms with Crippen molar-refractivity contribution in [3.8, 4) is 0 Å². The number of carbonyl (C=O) groups excluding carboxylic acids is 1. The minimum absolute atomic E-state index is 0.302. The van der Waals surface area contributed by atoms with Crippen LogP contribution in [-0.2, 0) is 0 Å².